The van der Waals surface area contributed by atoms with Crippen LogP contribution in [0.15, 0.2) is 30.5 Å². The predicted octanol–water partition coefficient (Wildman–Crippen LogP) is 2.14. The number of aromatic nitrogens is 4. The molecular weight excluding hydrogens is 334 g/mol. The smallest absolute Gasteiger partial charge is 0.379 e. The van der Waals surface area contributed by atoms with E-state index in [2.05, 4.69) is 15.1 Å². The summed E-state index contributed by atoms with van der Waals surface area (Å²) in [6.45, 7) is 3.08. The fraction of sp³-hybridized carbons (Fsp3) is 0.188. The van der Waals surface area contributed by atoms with Crippen LogP contribution in [0.25, 0.3) is 5.78 Å². The maximum absolute atomic E-state index is 13.2. The third kappa shape index (κ3) is 3.21. The van der Waals surface area contributed by atoms with Crippen LogP contribution in [0, 0.1) is 18.6 Å². The second-order valence-corrected chi connectivity index (χ2v) is 5.27. The van der Waals surface area contributed by atoms with Crippen LogP contribution in [0.2, 0.25) is 0 Å². The molecule has 7 nitrogen and oxygen atoms in total. The Morgan fingerprint density at radius 3 is 2.64 bits per heavy atom. The molecule has 0 saturated heterocycles. The first kappa shape index (κ1) is 16.6. The summed E-state index contributed by atoms with van der Waals surface area (Å²) in [4.78, 5) is 32.2. The van der Waals surface area contributed by atoms with Crippen molar-refractivity contribution in [2.45, 2.75) is 20.0 Å². The van der Waals surface area contributed by atoms with E-state index >= 15 is 0 Å². The number of carbonyl (C=O) groups is 2. The Hall–Kier alpha value is -3.23. The fourth-order valence-electron chi connectivity index (χ4n) is 2.14. The summed E-state index contributed by atoms with van der Waals surface area (Å²) in [5.41, 5.74) is 0.599. The minimum Gasteiger partial charge on any atom is -0.448 e. The minimum atomic E-state index is -1.22. The number of benzene rings is 1. The highest BCUT2D eigenvalue weighted by Gasteiger charge is 2.24. The molecule has 0 saturated carbocycles. The van der Waals surface area contributed by atoms with Crippen molar-refractivity contribution in [3.8, 4) is 0 Å². The first-order valence-corrected chi connectivity index (χ1v) is 7.25. The molecule has 0 aliphatic heterocycles. The molecule has 0 radical (unpaired) electrons. The van der Waals surface area contributed by atoms with Gasteiger partial charge in [0.2, 0.25) is 5.78 Å². The largest absolute Gasteiger partial charge is 0.448 e. The number of fused-ring (bicyclic) bond motifs is 1. The van der Waals surface area contributed by atoms with Gasteiger partial charge in [-0.15, -0.1) is 5.10 Å². The van der Waals surface area contributed by atoms with Gasteiger partial charge in [0.15, 0.2) is 17.7 Å². The number of esters is 1. The van der Waals surface area contributed by atoms with Gasteiger partial charge in [0.25, 0.3) is 11.6 Å². The summed E-state index contributed by atoms with van der Waals surface area (Å²) >= 11 is 0. The molecule has 0 fully saturated rings. The second kappa shape index (κ2) is 6.34. The number of carbonyl (C=O) groups excluding carboxylic acids is 2. The van der Waals surface area contributed by atoms with Gasteiger partial charge >= 0.3 is 5.97 Å². The third-order valence-electron chi connectivity index (χ3n) is 3.47. The van der Waals surface area contributed by atoms with Crippen molar-refractivity contribution < 1.29 is 23.1 Å². The quantitative estimate of drug-likeness (QED) is 0.531. The molecule has 1 atom stereocenters. The molecule has 3 rings (SSSR count). The standard InChI is InChI=1S/C16H12F2N4O3/c1-8-5-6-19-16-20-14(21-22(8)16)15(24)25-9(2)13(23)10-3-4-11(17)12(18)7-10/h3-7,9H,1-2H3. The Morgan fingerprint density at radius 1 is 1.20 bits per heavy atom. The number of nitrogens with zero attached hydrogens (tertiary/aromatic N) is 4. The number of hydrogen-bond donors (Lipinski definition) is 0. The average molecular weight is 346 g/mol. The number of ketones is 1. The Kier molecular flexibility index (Phi) is 4.22. The molecule has 2 aromatic heterocycles. The number of halogens is 2. The van der Waals surface area contributed by atoms with Crippen LogP contribution in [0.4, 0.5) is 8.78 Å². The Labute approximate surface area is 140 Å². The summed E-state index contributed by atoms with van der Waals surface area (Å²) in [5.74, 6) is -3.87. The third-order valence-corrected chi connectivity index (χ3v) is 3.47. The van der Waals surface area contributed by atoms with Crippen LogP contribution < -0.4 is 0 Å². The number of Topliss-reactive ketones (excluding diaryl/α,β-unsaturated/α-hetero) is 1. The van der Waals surface area contributed by atoms with Crippen molar-refractivity contribution in [2.24, 2.45) is 0 Å². The van der Waals surface area contributed by atoms with Gasteiger partial charge in [-0.2, -0.15) is 4.98 Å². The van der Waals surface area contributed by atoms with E-state index in [9.17, 15) is 18.4 Å². The van der Waals surface area contributed by atoms with Crippen LogP contribution in [-0.2, 0) is 4.74 Å². The molecule has 1 unspecified atom stereocenters. The van der Waals surface area contributed by atoms with Crippen molar-refractivity contribution in [2.75, 3.05) is 0 Å². The topological polar surface area (TPSA) is 86.5 Å². The Bertz CT molecular complexity index is 987. The molecule has 0 spiro atoms. The SMILES string of the molecule is Cc1ccnc2nc(C(=O)OC(C)C(=O)c3ccc(F)c(F)c3)nn12. The molecule has 0 bridgehead atoms. The van der Waals surface area contributed by atoms with Crippen LogP contribution in [0.5, 0.6) is 0 Å². The molecule has 0 aliphatic carbocycles. The lowest BCUT2D eigenvalue weighted by molar-refractivity contribution is 0.0307. The highest BCUT2D eigenvalue weighted by atomic mass is 19.2. The molecule has 25 heavy (non-hydrogen) atoms. The van der Waals surface area contributed by atoms with Gasteiger partial charge in [-0.1, -0.05) is 0 Å². The van der Waals surface area contributed by atoms with Gasteiger partial charge in [-0.25, -0.2) is 23.1 Å². The van der Waals surface area contributed by atoms with Crippen molar-refractivity contribution in [3.63, 3.8) is 0 Å². The maximum atomic E-state index is 13.2. The van der Waals surface area contributed by atoms with E-state index in [4.69, 9.17) is 4.74 Å². The molecular formula is C16H12F2N4O3. The van der Waals surface area contributed by atoms with E-state index in [0.29, 0.717) is 5.69 Å². The maximum Gasteiger partial charge on any atom is 0.379 e. The van der Waals surface area contributed by atoms with Crippen LogP contribution in [0.3, 0.4) is 0 Å². The summed E-state index contributed by atoms with van der Waals surface area (Å²) in [6, 6.07) is 4.38. The van der Waals surface area contributed by atoms with E-state index in [1.165, 1.54) is 17.6 Å². The van der Waals surface area contributed by atoms with E-state index in [1.807, 2.05) is 0 Å². The highest BCUT2D eigenvalue weighted by Crippen LogP contribution is 2.13. The van der Waals surface area contributed by atoms with Gasteiger partial charge in [-0.3, -0.25) is 4.79 Å². The van der Waals surface area contributed by atoms with Gasteiger partial charge in [0.05, 0.1) is 0 Å². The number of aryl methyl sites for hydroxylation is 1. The van der Waals surface area contributed by atoms with Crippen molar-refractivity contribution >= 4 is 17.5 Å². The molecule has 9 heteroatoms. The van der Waals surface area contributed by atoms with Crippen LogP contribution in [0.1, 0.15) is 33.6 Å². The molecule has 2 heterocycles. The van der Waals surface area contributed by atoms with Gasteiger partial charge in [0.1, 0.15) is 0 Å². The zero-order chi connectivity index (χ0) is 18.1. The van der Waals surface area contributed by atoms with E-state index in [-0.39, 0.29) is 17.2 Å². The van der Waals surface area contributed by atoms with Crippen LogP contribution >= 0.6 is 0 Å². The first-order valence-electron chi connectivity index (χ1n) is 7.25. The minimum absolute atomic E-state index is 0.111. The molecule has 1 aromatic carbocycles. The predicted molar refractivity (Wildman–Crippen MR) is 81.1 cm³/mol. The summed E-state index contributed by atoms with van der Waals surface area (Å²) in [5, 5.41) is 3.97. The zero-order valence-corrected chi connectivity index (χ0v) is 13.2. The lowest BCUT2D eigenvalue weighted by atomic mass is 10.1. The zero-order valence-electron chi connectivity index (χ0n) is 13.2. The normalized spacial score (nSPS) is 12.2. The summed E-state index contributed by atoms with van der Waals surface area (Å²) < 4.78 is 32.5. The molecule has 3 aromatic rings. The van der Waals surface area contributed by atoms with Gasteiger partial charge < -0.3 is 4.74 Å². The van der Waals surface area contributed by atoms with E-state index in [0.717, 1.165) is 18.2 Å². The second-order valence-electron chi connectivity index (χ2n) is 5.27. The summed E-state index contributed by atoms with van der Waals surface area (Å²) in [6.07, 6.45) is 0.294. The first-order chi connectivity index (χ1) is 11.9. The van der Waals surface area contributed by atoms with E-state index in [1.54, 1.807) is 13.0 Å². The number of hydrogen-bond acceptors (Lipinski definition) is 6. The van der Waals surface area contributed by atoms with Crippen LogP contribution in [-0.4, -0.2) is 37.4 Å². The molecule has 0 aliphatic rings. The fourth-order valence-corrected chi connectivity index (χ4v) is 2.14. The average Bonchev–Trinajstić information content (AvgIpc) is 3.02. The number of rotatable bonds is 4. The number of ether oxygens (including phenoxy) is 1. The van der Waals surface area contributed by atoms with Crippen molar-refractivity contribution in [3.05, 3.63) is 59.2 Å². The molecule has 128 valence electrons. The van der Waals surface area contributed by atoms with Gasteiger partial charge in [-0.05, 0) is 38.1 Å². The highest BCUT2D eigenvalue weighted by molar-refractivity contribution is 6.01. The Balaban J connectivity index is 1.77. The molecule has 0 amide bonds. The van der Waals surface area contributed by atoms with Crippen molar-refractivity contribution in [1.82, 2.24) is 19.6 Å². The lowest BCUT2D eigenvalue weighted by Crippen LogP contribution is -2.25. The Morgan fingerprint density at radius 2 is 1.96 bits per heavy atom. The monoisotopic (exact) mass is 346 g/mol. The lowest BCUT2D eigenvalue weighted by Gasteiger charge is -2.11. The van der Waals surface area contributed by atoms with E-state index < -0.39 is 29.5 Å². The molecule has 0 N–H and O–H groups in total. The summed E-state index contributed by atoms with van der Waals surface area (Å²) in [7, 11) is 0. The van der Waals surface area contributed by atoms with Crippen molar-refractivity contribution in [1.29, 1.82) is 0 Å². The van der Waals surface area contributed by atoms with Gasteiger partial charge in [0, 0.05) is 17.5 Å².